The fourth-order valence-corrected chi connectivity index (χ4v) is 1.79. The van der Waals surface area contributed by atoms with Crippen molar-refractivity contribution in [1.29, 1.82) is 0 Å². The molecule has 0 heterocycles. The lowest BCUT2D eigenvalue weighted by Crippen LogP contribution is -2.38. The molecule has 1 aliphatic rings. The number of aldehydes is 1. The summed E-state index contributed by atoms with van der Waals surface area (Å²) in [6.45, 7) is -2.77. The number of hydrogen-bond donors (Lipinski definition) is 0. The molecule has 0 amide bonds. The number of alkyl halides is 2. The summed E-state index contributed by atoms with van der Waals surface area (Å²) < 4.78 is 33.4. The van der Waals surface area contributed by atoms with Gasteiger partial charge in [0.2, 0.25) is 0 Å². The van der Waals surface area contributed by atoms with Crippen LogP contribution in [0, 0.1) is 5.92 Å². The van der Waals surface area contributed by atoms with Crippen LogP contribution < -0.4 is 0 Å². The summed E-state index contributed by atoms with van der Waals surface area (Å²) in [6, 6.07) is 0. The Morgan fingerprint density at radius 3 is 2.57 bits per heavy atom. The van der Waals surface area contributed by atoms with Crippen LogP contribution in [-0.2, 0) is 14.3 Å². The van der Waals surface area contributed by atoms with E-state index < -0.39 is 18.8 Å². The summed E-state index contributed by atoms with van der Waals surface area (Å²) in [5.41, 5.74) is 0. The minimum Gasteiger partial charge on any atom is -0.379 e. The molecular weight excluding hydrogens is 194 g/mol. The highest BCUT2D eigenvalue weighted by molar-refractivity contribution is 5.53. The maximum absolute atomic E-state index is 12.0. The smallest absolute Gasteiger partial charge is 0.345 e. The fourth-order valence-electron chi connectivity index (χ4n) is 1.79. The molecule has 1 saturated carbocycles. The molecule has 82 valence electrons. The zero-order chi connectivity index (χ0) is 10.6. The molecule has 14 heavy (non-hydrogen) atoms. The lowest BCUT2D eigenvalue weighted by molar-refractivity contribution is -0.202. The second kappa shape index (κ2) is 5.36. The van der Waals surface area contributed by atoms with Crippen LogP contribution in [0.3, 0.4) is 0 Å². The molecule has 0 spiro atoms. The van der Waals surface area contributed by atoms with Crippen molar-refractivity contribution in [1.82, 2.24) is 0 Å². The summed E-state index contributed by atoms with van der Waals surface area (Å²) in [4.78, 5) is 10.5. The summed E-state index contributed by atoms with van der Waals surface area (Å²) in [7, 11) is 1.44. The van der Waals surface area contributed by atoms with Crippen molar-refractivity contribution in [3.63, 3.8) is 0 Å². The number of carbonyl (C=O) groups is 1. The van der Waals surface area contributed by atoms with Gasteiger partial charge in [-0.3, -0.25) is 0 Å². The van der Waals surface area contributed by atoms with E-state index in [1.54, 1.807) is 0 Å². The molecule has 0 aromatic heterocycles. The summed E-state index contributed by atoms with van der Waals surface area (Å²) >= 11 is 0. The van der Waals surface area contributed by atoms with E-state index in [1.165, 1.54) is 7.11 Å². The van der Waals surface area contributed by atoms with E-state index in [4.69, 9.17) is 4.74 Å². The Labute approximate surface area is 81.4 Å². The molecule has 0 aromatic carbocycles. The first-order chi connectivity index (χ1) is 6.67. The predicted octanol–water partition coefficient (Wildman–Crippen LogP) is 1.61. The normalized spacial score (nSPS) is 33.3. The Balaban J connectivity index is 2.47. The minimum absolute atomic E-state index is 0.0857. The van der Waals surface area contributed by atoms with Crippen molar-refractivity contribution in [3.05, 3.63) is 0 Å². The quantitative estimate of drug-likeness (QED) is 0.658. The Bertz CT molecular complexity index is 187. The molecule has 1 rings (SSSR count). The van der Waals surface area contributed by atoms with Gasteiger partial charge in [0.1, 0.15) is 6.29 Å². The van der Waals surface area contributed by atoms with E-state index in [9.17, 15) is 13.6 Å². The molecule has 2 unspecified atom stereocenters. The molecule has 0 bridgehead atoms. The van der Waals surface area contributed by atoms with Crippen LogP contribution in [0.2, 0.25) is 0 Å². The van der Waals surface area contributed by atoms with Gasteiger partial charge in [0.05, 0.1) is 12.2 Å². The van der Waals surface area contributed by atoms with E-state index in [2.05, 4.69) is 4.74 Å². The van der Waals surface area contributed by atoms with E-state index in [-0.39, 0.29) is 5.92 Å². The van der Waals surface area contributed by atoms with Crippen LogP contribution in [0.4, 0.5) is 8.78 Å². The van der Waals surface area contributed by atoms with Gasteiger partial charge in [0.25, 0.3) is 0 Å². The number of hydrogen-bond acceptors (Lipinski definition) is 3. The second-order valence-corrected chi connectivity index (χ2v) is 3.42. The number of ether oxygens (including phenoxy) is 2. The van der Waals surface area contributed by atoms with Crippen LogP contribution in [0.1, 0.15) is 19.3 Å². The van der Waals surface area contributed by atoms with Crippen LogP contribution in [0.5, 0.6) is 0 Å². The highest BCUT2D eigenvalue weighted by atomic mass is 19.3. The lowest BCUT2D eigenvalue weighted by atomic mass is 9.86. The largest absolute Gasteiger partial charge is 0.379 e. The third-order valence-corrected chi connectivity index (χ3v) is 2.54. The molecule has 0 aliphatic heterocycles. The molecule has 0 N–H and O–H groups in total. The van der Waals surface area contributed by atoms with Gasteiger partial charge in [-0.2, -0.15) is 8.78 Å². The Hall–Kier alpha value is -0.550. The van der Waals surface area contributed by atoms with E-state index in [0.717, 1.165) is 6.29 Å². The van der Waals surface area contributed by atoms with Crippen molar-refractivity contribution in [2.45, 2.75) is 38.1 Å². The maximum atomic E-state index is 12.0. The molecule has 1 fully saturated rings. The number of methoxy groups -OCH3 is 1. The maximum Gasteiger partial charge on any atom is 0.345 e. The minimum atomic E-state index is -2.77. The Kier molecular flexibility index (Phi) is 4.41. The Morgan fingerprint density at radius 1 is 1.36 bits per heavy atom. The Morgan fingerprint density at radius 2 is 2.07 bits per heavy atom. The molecule has 3 atom stereocenters. The van der Waals surface area contributed by atoms with Gasteiger partial charge in [0, 0.05) is 13.0 Å². The van der Waals surface area contributed by atoms with E-state index in [1.807, 2.05) is 0 Å². The number of rotatable bonds is 4. The van der Waals surface area contributed by atoms with Gasteiger partial charge in [-0.15, -0.1) is 0 Å². The summed E-state index contributed by atoms with van der Waals surface area (Å²) in [5, 5.41) is 0. The van der Waals surface area contributed by atoms with Gasteiger partial charge >= 0.3 is 6.61 Å². The van der Waals surface area contributed by atoms with Gasteiger partial charge in [-0.25, -0.2) is 0 Å². The molecule has 1 aliphatic carbocycles. The van der Waals surface area contributed by atoms with Gasteiger partial charge in [0.15, 0.2) is 0 Å². The fraction of sp³-hybridized carbons (Fsp3) is 0.889. The van der Waals surface area contributed by atoms with Crippen molar-refractivity contribution >= 4 is 6.29 Å². The van der Waals surface area contributed by atoms with Crippen molar-refractivity contribution < 1.29 is 23.0 Å². The molecule has 5 heteroatoms. The number of halogens is 2. The molecule has 0 aromatic rings. The first-order valence-corrected chi connectivity index (χ1v) is 4.59. The zero-order valence-corrected chi connectivity index (χ0v) is 7.99. The van der Waals surface area contributed by atoms with Crippen molar-refractivity contribution in [2.24, 2.45) is 5.92 Å². The topological polar surface area (TPSA) is 35.5 Å². The standard InChI is InChI=1S/C9H14F2O3/c1-13-8-4-6(5-12)2-3-7(8)14-9(10)11/h5-9H,2-4H2,1H3/t6?,7?,8-/m0/s1. The van der Waals surface area contributed by atoms with E-state index in [0.29, 0.717) is 19.3 Å². The average molecular weight is 208 g/mol. The highest BCUT2D eigenvalue weighted by Gasteiger charge is 2.32. The summed E-state index contributed by atoms with van der Waals surface area (Å²) in [5.74, 6) is -0.0857. The third kappa shape index (κ3) is 2.99. The van der Waals surface area contributed by atoms with Crippen LogP contribution in [-0.4, -0.2) is 32.2 Å². The zero-order valence-electron chi connectivity index (χ0n) is 7.99. The van der Waals surface area contributed by atoms with Crippen molar-refractivity contribution in [3.8, 4) is 0 Å². The first-order valence-electron chi connectivity index (χ1n) is 4.59. The molecular formula is C9H14F2O3. The second-order valence-electron chi connectivity index (χ2n) is 3.42. The first kappa shape index (κ1) is 11.5. The van der Waals surface area contributed by atoms with Crippen LogP contribution in [0.25, 0.3) is 0 Å². The van der Waals surface area contributed by atoms with E-state index >= 15 is 0 Å². The third-order valence-electron chi connectivity index (χ3n) is 2.54. The highest BCUT2D eigenvalue weighted by Crippen LogP contribution is 2.28. The average Bonchev–Trinajstić information content (AvgIpc) is 2.17. The van der Waals surface area contributed by atoms with Gasteiger partial charge < -0.3 is 14.3 Å². The predicted molar refractivity (Wildman–Crippen MR) is 45.1 cm³/mol. The van der Waals surface area contributed by atoms with Gasteiger partial charge in [-0.05, 0) is 19.3 Å². The monoisotopic (exact) mass is 208 g/mol. The molecule has 0 radical (unpaired) electrons. The van der Waals surface area contributed by atoms with Gasteiger partial charge in [-0.1, -0.05) is 0 Å². The molecule has 3 nitrogen and oxygen atoms in total. The SMILES string of the molecule is CO[C@H]1CC(C=O)CCC1OC(F)F. The lowest BCUT2D eigenvalue weighted by Gasteiger charge is -2.32. The molecule has 0 saturated heterocycles. The van der Waals surface area contributed by atoms with Crippen molar-refractivity contribution in [2.75, 3.05) is 7.11 Å². The van der Waals surface area contributed by atoms with Crippen LogP contribution in [0.15, 0.2) is 0 Å². The summed E-state index contributed by atoms with van der Waals surface area (Å²) in [6.07, 6.45) is 1.39. The van der Waals surface area contributed by atoms with Crippen LogP contribution >= 0.6 is 0 Å². The number of carbonyl (C=O) groups excluding carboxylic acids is 1.